The van der Waals surface area contributed by atoms with Crippen molar-refractivity contribution in [2.45, 2.75) is 222 Å². The molecule has 0 spiro atoms. The summed E-state index contributed by atoms with van der Waals surface area (Å²) in [4.78, 5) is 262. The Morgan fingerprint density at radius 1 is 0.461 bits per heavy atom. The lowest BCUT2D eigenvalue weighted by Gasteiger charge is -2.32. The quantitative estimate of drug-likeness (QED) is 0.0116. The van der Waals surface area contributed by atoms with Crippen molar-refractivity contribution in [3.05, 3.63) is 0 Å². The lowest BCUT2D eigenvalue weighted by atomic mass is 9.96. The molecule has 648 valence electrons. The molecule has 0 aromatic carbocycles. The number of carboxylic acids is 3. The molecule has 115 heavy (non-hydrogen) atoms. The fourth-order valence-electron chi connectivity index (χ4n) is 11.0. The Morgan fingerprint density at radius 2 is 0.878 bits per heavy atom. The van der Waals surface area contributed by atoms with Gasteiger partial charge in [-0.15, -0.1) is 0 Å². The molecular weight excluding hydrogens is 1540 g/mol. The maximum absolute atomic E-state index is 14.3. The highest BCUT2D eigenvalue weighted by Crippen LogP contribution is 2.21. The topological polar surface area (TPSA) is 818 Å². The number of carbonyl (C=O) groups is 19. The van der Waals surface area contributed by atoms with Gasteiger partial charge in [-0.2, -0.15) is 12.6 Å². The number of primary amides is 2. The summed E-state index contributed by atoms with van der Waals surface area (Å²) < 4.78 is 0. The minimum atomic E-state index is -2.19. The number of aliphatic imine (C=N–C) groups is 2. The van der Waals surface area contributed by atoms with Crippen LogP contribution in [0.25, 0.3) is 0 Å². The van der Waals surface area contributed by atoms with Crippen molar-refractivity contribution in [1.29, 1.82) is 0 Å². The fraction of sp³-hybridized carbons (Fsp3) is 0.682. The summed E-state index contributed by atoms with van der Waals surface area (Å²) >= 11 is 3.91. The van der Waals surface area contributed by atoms with Crippen molar-refractivity contribution in [2.24, 2.45) is 67.7 Å². The summed E-state index contributed by atoms with van der Waals surface area (Å²) in [5.74, 6) is -24.9. The van der Waals surface area contributed by atoms with E-state index in [0.29, 0.717) is 6.42 Å². The van der Waals surface area contributed by atoms with Crippen LogP contribution in [-0.4, -0.2) is 291 Å². The normalized spacial score (nSPS) is 16.0. The number of rotatable bonds is 56. The standard InChI is InChI=1S/C66H114N24O24S/c1-6-31(4)50(89-61(110)49(30(2)3)88-56(105)33(12-7-8-20-67)80-57(106)38(24-45(70)94)78-46(95)26-77-51(100)32(5)68)62(111)86-41(28-92)63(112)90-23-11-15-43(90)60(109)85-40(27-91)59(108)83-37(17-19-47(96)97)54(103)84-39(25-48(98)99)58(107)81-35(14-10-22-76-66(73)74)52(101)79-34(13-9-21-75-65(71)72)53(102)82-36(16-18-44(69)93)55(104)87-42(29-115)64(113)114/h30-43,49-50,91-92,115H,6-29,67-68H2,1-5H3,(H2,69,93)(H2,70,94)(H,77,100)(H,78,95)(H,79,101)(H,80,106)(H,81,107)(H,82,102)(H,83,108)(H,84,103)(H,85,109)(H,86,111)(H,87,104)(H,88,105)(H,89,110)(H,96,97)(H,98,99)(H,113,114)(H4,71,72,75)(H4,73,74,76)/t31-,32-,33-,34-,35-,36-,37-,38-,39-,40-,41-,42-,43-,49-,50-/m0/s1. The van der Waals surface area contributed by atoms with E-state index in [0.717, 1.165) is 4.90 Å². The molecule has 0 bridgehead atoms. The first-order valence-corrected chi connectivity index (χ1v) is 37.4. The molecule has 49 heteroatoms. The third-order valence-electron chi connectivity index (χ3n) is 17.5. The van der Waals surface area contributed by atoms with Crippen LogP contribution in [0.15, 0.2) is 9.98 Å². The summed E-state index contributed by atoms with van der Waals surface area (Å²) in [6.07, 6.45) is -4.99. The zero-order valence-electron chi connectivity index (χ0n) is 64.6. The van der Waals surface area contributed by atoms with E-state index in [9.17, 15) is 117 Å². The van der Waals surface area contributed by atoms with Gasteiger partial charge in [0.25, 0.3) is 0 Å². The van der Waals surface area contributed by atoms with Crippen molar-refractivity contribution in [3.63, 3.8) is 0 Å². The number of amides is 16. The monoisotopic (exact) mass is 1660 g/mol. The first kappa shape index (κ1) is 102. The fourth-order valence-corrected chi connectivity index (χ4v) is 11.3. The third kappa shape index (κ3) is 38.4. The molecule has 1 aliphatic heterocycles. The van der Waals surface area contributed by atoms with Crippen LogP contribution < -0.4 is 115 Å². The van der Waals surface area contributed by atoms with Crippen LogP contribution in [0.2, 0.25) is 0 Å². The average molecular weight is 1660 g/mol. The second-order valence-electron chi connectivity index (χ2n) is 27.2. The summed E-state index contributed by atoms with van der Waals surface area (Å²) in [6.45, 7) is 4.25. The Kier molecular flexibility index (Phi) is 46.7. The number of aliphatic hydroxyl groups excluding tert-OH is 2. The van der Waals surface area contributed by atoms with Crippen molar-refractivity contribution >= 4 is 137 Å². The van der Waals surface area contributed by atoms with Crippen LogP contribution in [0.3, 0.4) is 0 Å². The molecule has 0 aromatic rings. The predicted octanol–water partition coefficient (Wildman–Crippen LogP) is -12.3. The smallest absolute Gasteiger partial charge is 0.327 e. The van der Waals surface area contributed by atoms with Gasteiger partial charge < -0.3 is 145 Å². The number of aliphatic hydroxyl groups is 2. The summed E-state index contributed by atoms with van der Waals surface area (Å²) in [5, 5.41) is 80.5. The van der Waals surface area contributed by atoms with Gasteiger partial charge in [-0.05, 0) is 95.9 Å². The van der Waals surface area contributed by atoms with E-state index >= 15 is 0 Å². The van der Waals surface area contributed by atoms with E-state index in [1.165, 1.54) is 20.8 Å². The molecule has 0 saturated carbocycles. The zero-order chi connectivity index (χ0) is 87.5. The molecule has 15 atom stereocenters. The van der Waals surface area contributed by atoms with E-state index in [2.05, 4.69) is 91.7 Å². The molecule has 0 radical (unpaired) electrons. The second kappa shape index (κ2) is 52.9. The number of carboxylic acid groups (broad SMARTS) is 3. The van der Waals surface area contributed by atoms with Gasteiger partial charge in [0, 0.05) is 38.2 Å². The number of likely N-dealkylation sites (tertiary alicyclic amines) is 1. The second-order valence-corrected chi connectivity index (χ2v) is 27.6. The molecule has 0 aliphatic carbocycles. The van der Waals surface area contributed by atoms with Crippen LogP contribution in [0, 0.1) is 11.8 Å². The molecule has 34 N–H and O–H groups in total. The number of thiol groups is 1. The maximum atomic E-state index is 14.3. The number of nitrogens with one attached hydrogen (secondary N) is 13. The Hall–Kier alpha value is -11.3. The van der Waals surface area contributed by atoms with Crippen LogP contribution >= 0.6 is 12.6 Å². The van der Waals surface area contributed by atoms with Gasteiger partial charge in [0.1, 0.15) is 78.5 Å². The number of unbranched alkanes of at least 4 members (excludes halogenated alkanes) is 1. The highest BCUT2D eigenvalue weighted by Gasteiger charge is 2.42. The van der Waals surface area contributed by atoms with Crippen molar-refractivity contribution in [3.8, 4) is 0 Å². The molecule has 1 saturated heterocycles. The predicted molar refractivity (Wildman–Crippen MR) is 409 cm³/mol. The Labute approximate surface area is 666 Å². The number of carbonyl (C=O) groups excluding carboxylic acids is 16. The van der Waals surface area contributed by atoms with Gasteiger partial charge in [0.2, 0.25) is 94.5 Å². The van der Waals surface area contributed by atoms with E-state index in [-0.39, 0.29) is 83.5 Å². The van der Waals surface area contributed by atoms with Gasteiger partial charge in [-0.3, -0.25) is 96.3 Å². The Morgan fingerprint density at radius 3 is 1.30 bits per heavy atom. The number of hydrogen-bond acceptors (Lipinski definition) is 26. The minimum Gasteiger partial charge on any atom is -0.481 e. The largest absolute Gasteiger partial charge is 0.481 e. The Balaban J connectivity index is 3.60. The summed E-state index contributed by atoms with van der Waals surface area (Å²) in [7, 11) is 0. The molecule has 48 nitrogen and oxygen atoms in total. The lowest BCUT2D eigenvalue weighted by molar-refractivity contribution is -0.144. The molecule has 0 aromatic heterocycles. The molecule has 16 amide bonds. The average Bonchev–Trinajstić information content (AvgIpc) is 1.78. The van der Waals surface area contributed by atoms with E-state index in [4.69, 9.17) is 45.9 Å². The number of guanidine groups is 2. The van der Waals surface area contributed by atoms with Crippen LogP contribution in [-0.2, 0) is 91.1 Å². The van der Waals surface area contributed by atoms with Gasteiger partial charge in [0.15, 0.2) is 11.9 Å². The Bertz CT molecular complexity index is 3460. The first-order chi connectivity index (χ1) is 54.0. The first-order valence-electron chi connectivity index (χ1n) is 36.8. The molecular formula is C66H114N24O24S. The van der Waals surface area contributed by atoms with Crippen molar-refractivity contribution < 1.29 is 117 Å². The van der Waals surface area contributed by atoms with E-state index < -0.39 is 285 Å². The zero-order valence-corrected chi connectivity index (χ0v) is 65.5. The highest BCUT2D eigenvalue weighted by atomic mass is 32.1. The van der Waals surface area contributed by atoms with Gasteiger partial charge in [0.05, 0.1) is 38.6 Å². The summed E-state index contributed by atoms with van der Waals surface area (Å²) in [6, 6.07) is -23.3. The SMILES string of the molecule is CC[C@H](C)[C@H](NC(=O)[C@@H](NC(=O)[C@H](CCCCN)NC(=O)[C@H](CC(N)=O)NC(=O)CNC(=O)[C@H](C)N)C(C)C)C(=O)N[C@@H](CO)C(=O)N1CCC[C@H]1C(=O)N[C@@H](CO)C(=O)N[C@@H](CCC(=O)O)C(=O)N[C@@H](CC(=O)O)C(=O)N[C@@H](CCCN=C(N)N)C(=O)N[C@@H](CCCN=C(N)N)C(=O)N[C@@H](CCC(N)=O)C(=O)N[C@@H](CS)C(=O)O. The number of nitrogens with two attached hydrogens (primary N) is 8. The molecule has 1 rings (SSSR count). The number of nitrogens with zero attached hydrogens (tertiary/aromatic N) is 3. The molecule has 0 unspecified atom stereocenters. The van der Waals surface area contributed by atoms with Crippen LogP contribution in [0.1, 0.15) is 137 Å². The molecule has 1 fully saturated rings. The molecule has 1 heterocycles. The van der Waals surface area contributed by atoms with E-state index in [1.807, 2.05) is 0 Å². The third-order valence-corrected chi connectivity index (χ3v) is 17.9. The van der Waals surface area contributed by atoms with Gasteiger partial charge in [-0.1, -0.05) is 34.1 Å². The van der Waals surface area contributed by atoms with Crippen LogP contribution in [0.4, 0.5) is 0 Å². The number of hydrogen-bond donors (Lipinski definition) is 27. The minimum absolute atomic E-state index is 0.0698. The lowest BCUT2D eigenvalue weighted by Crippen LogP contribution is -2.62. The van der Waals surface area contributed by atoms with Crippen LogP contribution in [0.5, 0.6) is 0 Å². The van der Waals surface area contributed by atoms with Gasteiger partial charge >= 0.3 is 17.9 Å². The number of aliphatic carboxylic acids is 3. The maximum Gasteiger partial charge on any atom is 0.327 e. The summed E-state index contributed by atoms with van der Waals surface area (Å²) in [5.41, 5.74) is 43.7. The van der Waals surface area contributed by atoms with Crippen molar-refractivity contribution in [1.82, 2.24) is 74.0 Å². The van der Waals surface area contributed by atoms with E-state index in [1.54, 1.807) is 13.8 Å². The highest BCUT2D eigenvalue weighted by molar-refractivity contribution is 7.80. The van der Waals surface area contributed by atoms with Crippen molar-refractivity contribution in [2.75, 3.05) is 51.7 Å². The molecule has 1 aliphatic rings. The van der Waals surface area contributed by atoms with Gasteiger partial charge in [-0.25, -0.2) is 4.79 Å².